The Morgan fingerprint density at radius 2 is 2.10 bits per heavy atom. The summed E-state index contributed by atoms with van der Waals surface area (Å²) >= 11 is 9.52. The highest BCUT2D eigenvalue weighted by atomic mass is 79.9. The number of carbonyl (C=O) groups is 1. The Morgan fingerprint density at radius 3 is 2.62 bits per heavy atom. The third kappa shape index (κ3) is 3.23. The lowest BCUT2D eigenvalue weighted by molar-refractivity contribution is 0.0596. The summed E-state index contributed by atoms with van der Waals surface area (Å²) in [6.45, 7) is 0.255. The van der Waals surface area contributed by atoms with Crippen molar-refractivity contribution in [3.8, 4) is 5.88 Å². The van der Waals surface area contributed by atoms with E-state index in [-0.39, 0.29) is 30.4 Å². The number of halogens is 3. The van der Waals surface area contributed by atoms with Gasteiger partial charge in [0.1, 0.15) is 5.56 Å². The maximum Gasteiger partial charge on any atom is 0.343 e. The lowest BCUT2D eigenvalue weighted by Crippen LogP contribution is -2.07. The number of benzene rings is 1. The third-order valence-electron chi connectivity index (χ3n) is 2.86. The number of aromatic nitrogens is 1. The van der Waals surface area contributed by atoms with Crippen LogP contribution in [-0.2, 0) is 11.3 Å². The number of hydrogen-bond acceptors (Lipinski definition) is 5. The predicted octanol–water partition coefficient (Wildman–Crippen LogP) is 3.33. The van der Waals surface area contributed by atoms with Gasteiger partial charge in [0, 0.05) is 22.0 Å². The summed E-state index contributed by atoms with van der Waals surface area (Å²) in [5, 5.41) is 1.19. The molecule has 0 aliphatic rings. The molecule has 0 bridgehead atoms. The largest absolute Gasteiger partial charge is 0.480 e. The fraction of sp³-hybridized carbons (Fsp3) is 0.231. The average Bonchev–Trinajstić information content (AvgIpc) is 2.46. The maximum absolute atomic E-state index is 11.7. The predicted molar refractivity (Wildman–Crippen MR) is 87.5 cm³/mol. The molecular formula is C13H13BrCl2N2O3. The monoisotopic (exact) mass is 394 g/mol. The minimum Gasteiger partial charge on any atom is -0.480 e. The van der Waals surface area contributed by atoms with Crippen molar-refractivity contribution in [3.05, 3.63) is 32.8 Å². The lowest BCUT2D eigenvalue weighted by atomic mass is 10.1. The van der Waals surface area contributed by atoms with Gasteiger partial charge in [-0.05, 0) is 28.1 Å². The summed E-state index contributed by atoms with van der Waals surface area (Å²) in [4.78, 5) is 16.1. The molecule has 0 saturated carbocycles. The Kier molecular flexibility index (Phi) is 6.22. The van der Waals surface area contributed by atoms with E-state index in [2.05, 4.69) is 20.9 Å². The molecule has 0 fully saturated rings. The first-order valence-corrected chi connectivity index (χ1v) is 6.84. The van der Waals surface area contributed by atoms with Crippen LogP contribution in [0.4, 0.5) is 0 Å². The zero-order valence-corrected chi connectivity index (χ0v) is 14.4. The standard InChI is InChI=1S/C13H12BrClN2O3.ClH/c1-19-12-7(13(18)20-2)3-6-4-9(15)10(14)8(5-16)11(6)17-12;/h3-4H,5,16H2,1-2H3;1H. The molecule has 8 heteroatoms. The Morgan fingerprint density at radius 1 is 1.43 bits per heavy atom. The number of methoxy groups -OCH3 is 2. The number of pyridine rings is 1. The fourth-order valence-corrected chi connectivity index (χ4v) is 2.61. The summed E-state index contributed by atoms with van der Waals surface area (Å²) < 4.78 is 10.5. The van der Waals surface area contributed by atoms with E-state index in [1.165, 1.54) is 14.2 Å². The number of esters is 1. The summed E-state index contributed by atoms with van der Waals surface area (Å²) in [6.07, 6.45) is 0. The van der Waals surface area contributed by atoms with E-state index in [0.717, 1.165) is 5.56 Å². The van der Waals surface area contributed by atoms with Gasteiger partial charge < -0.3 is 15.2 Å². The SMILES string of the molecule is COC(=O)c1cc2cc(Cl)c(Br)c(CN)c2nc1OC.Cl. The number of nitrogens with two attached hydrogens (primary N) is 1. The van der Waals surface area contributed by atoms with Gasteiger partial charge in [0.2, 0.25) is 5.88 Å². The fourth-order valence-electron chi connectivity index (χ4n) is 1.91. The van der Waals surface area contributed by atoms with E-state index in [9.17, 15) is 4.79 Å². The van der Waals surface area contributed by atoms with Crippen molar-refractivity contribution < 1.29 is 14.3 Å². The molecule has 0 saturated heterocycles. The third-order valence-corrected chi connectivity index (χ3v) is 4.29. The molecule has 0 radical (unpaired) electrons. The van der Waals surface area contributed by atoms with Crippen LogP contribution in [-0.4, -0.2) is 25.2 Å². The quantitative estimate of drug-likeness (QED) is 0.806. The van der Waals surface area contributed by atoms with Crippen LogP contribution in [0.1, 0.15) is 15.9 Å². The van der Waals surface area contributed by atoms with Crippen molar-refractivity contribution in [1.29, 1.82) is 0 Å². The lowest BCUT2D eigenvalue weighted by Gasteiger charge is -2.12. The van der Waals surface area contributed by atoms with Crippen LogP contribution >= 0.6 is 39.9 Å². The Hall–Kier alpha value is -1.08. The van der Waals surface area contributed by atoms with Gasteiger partial charge in [0.05, 0.1) is 24.8 Å². The van der Waals surface area contributed by atoms with E-state index in [4.69, 9.17) is 26.8 Å². The normalized spacial score (nSPS) is 10.1. The van der Waals surface area contributed by atoms with E-state index < -0.39 is 5.97 Å². The van der Waals surface area contributed by atoms with Crippen LogP contribution in [0.3, 0.4) is 0 Å². The Labute approximate surface area is 141 Å². The number of rotatable bonds is 3. The molecule has 0 aliphatic heterocycles. The van der Waals surface area contributed by atoms with Gasteiger partial charge in [-0.15, -0.1) is 12.4 Å². The van der Waals surface area contributed by atoms with Crippen molar-refractivity contribution >= 4 is 56.8 Å². The highest BCUT2D eigenvalue weighted by Gasteiger charge is 2.19. The molecule has 114 valence electrons. The van der Waals surface area contributed by atoms with E-state index in [1.54, 1.807) is 12.1 Å². The molecular weight excluding hydrogens is 383 g/mol. The molecule has 0 atom stereocenters. The van der Waals surface area contributed by atoms with Crippen molar-refractivity contribution in [2.45, 2.75) is 6.54 Å². The smallest absolute Gasteiger partial charge is 0.343 e. The first-order valence-electron chi connectivity index (χ1n) is 5.67. The second-order valence-corrected chi connectivity index (χ2v) is 5.16. The van der Waals surface area contributed by atoms with Crippen molar-refractivity contribution in [1.82, 2.24) is 4.98 Å². The first kappa shape index (κ1) is 18.0. The van der Waals surface area contributed by atoms with Crippen LogP contribution < -0.4 is 10.5 Å². The number of hydrogen-bond donors (Lipinski definition) is 1. The van der Waals surface area contributed by atoms with Crippen LogP contribution in [0, 0.1) is 0 Å². The average molecular weight is 396 g/mol. The van der Waals surface area contributed by atoms with Crippen LogP contribution in [0.5, 0.6) is 5.88 Å². The molecule has 2 N–H and O–H groups in total. The number of ether oxygens (including phenoxy) is 2. The molecule has 0 spiro atoms. The summed E-state index contributed by atoms with van der Waals surface area (Å²) in [5.41, 5.74) is 7.36. The van der Waals surface area contributed by atoms with Gasteiger partial charge in [-0.1, -0.05) is 11.6 Å². The van der Waals surface area contributed by atoms with Gasteiger partial charge in [-0.3, -0.25) is 0 Å². The van der Waals surface area contributed by atoms with Crippen LogP contribution in [0.2, 0.25) is 5.02 Å². The molecule has 1 aromatic heterocycles. The molecule has 2 aromatic rings. The Balaban J connectivity index is 0.00000220. The molecule has 5 nitrogen and oxygen atoms in total. The van der Waals surface area contributed by atoms with Gasteiger partial charge in [0.15, 0.2) is 0 Å². The van der Waals surface area contributed by atoms with Crippen molar-refractivity contribution in [2.24, 2.45) is 5.73 Å². The molecule has 0 unspecified atom stereocenters. The van der Waals surface area contributed by atoms with E-state index in [1.807, 2.05) is 0 Å². The Bertz CT molecular complexity index is 695. The molecule has 0 aliphatic carbocycles. The highest BCUT2D eigenvalue weighted by Crippen LogP contribution is 2.34. The minimum atomic E-state index is -0.524. The topological polar surface area (TPSA) is 74.4 Å². The number of carbonyl (C=O) groups excluding carboxylic acids is 1. The second kappa shape index (κ2) is 7.26. The first-order chi connectivity index (χ1) is 9.53. The van der Waals surface area contributed by atoms with Gasteiger partial charge in [-0.25, -0.2) is 9.78 Å². The summed E-state index contributed by atoms with van der Waals surface area (Å²) in [5.74, 6) is -0.335. The number of fused-ring (bicyclic) bond motifs is 1. The van der Waals surface area contributed by atoms with E-state index >= 15 is 0 Å². The summed E-state index contributed by atoms with van der Waals surface area (Å²) in [6, 6.07) is 3.34. The highest BCUT2D eigenvalue weighted by molar-refractivity contribution is 9.10. The van der Waals surface area contributed by atoms with Gasteiger partial charge in [-0.2, -0.15) is 0 Å². The van der Waals surface area contributed by atoms with Crippen LogP contribution in [0.15, 0.2) is 16.6 Å². The molecule has 1 heterocycles. The number of nitrogens with zero attached hydrogens (tertiary/aromatic N) is 1. The molecule has 0 amide bonds. The van der Waals surface area contributed by atoms with Crippen molar-refractivity contribution in [3.63, 3.8) is 0 Å². The zero-order chi connectivity index (χ0) is 14.9. The van der Waals surface area contributed by atoms with Gasteiger partial charge >= 0.3 is 5.97 Å². The molecule has 21 heavy (non-hydrogen) atoms. The second-order valence-electron chi connectivity index (χ2n) is 3.96. The van der Waals surface area contributed by atoms with Crippen molar-refractivity contribution in [2.75, 3.05) is 14.2 Å². The minimum absolute atomic E-state index is 0. The molecule has 1 aromatic carbocycles. The summed E-state index contributed by atoms with van der Waals surface area (Å²) in [7, 11) is 2.74. The maximum atomic E-state index is 11.7. The van der Waals surface area contributed by atoms with E-state index in [0.29, 0.717) is 20.4 Å². The molecule has 2 rings (SSSR count). The van der Waals surface area contributed by atoms with Gasteiger partial charge in [0.25, 0.3) is 0 Å². The zero-order valence-electron chi connectivity index (χ0n) is 11.3. The van der Waals surface area contributed by atoms with Crippen LogP contribution in [0.25, 0.3) is 10.9 Å².